The minimum Gasteiger partial charge on any atom is -0.872 e. The Balaban J connectivity index is 1.74. The molecule has 0 atom stereocenters. The van der Waals surface area contributed by atoms with E-state index in [1.54, 1.807) is 36.4 Å². The summed E-state index contributed by atoms with van der Waals surface area (Å²) in [6.07, 6.45) is 0. The Morgan fingerprint density at radius 3 is 2.00 bits per heavy atom. The van der Waals surface area contributed by atoms with E-state index in [9.17, 15) is 9.90 Å². The molecule has 5 N–H and O–H groups in total. The lowest BCUT2D eigenvalue weighted by Crippen LogP contribution is -2.02. The third-order valence-electron chi connectivity index (χ3n) is 4.01. The summed E-state index contributed by atoms with van der Waals surface area (Å²) in [6, 6.07) is 13.9. The number of nitrogens with two attached hydrogens (primary N) is 2. The number of carboxylic acids is 1. The summed E-state index contributed by atoms with van der Waals surface area (Å²) in [7, 11) is 0. The predicted molar refractivity (Wildman–Crippen MR) is 108 cm³/mol. The number of nitrogens with zero attached hydrogens (tertiary/aromatic N) is 4. The summed E-state index contributed by atoms with van der Waals surface area (Å²) in [5.41, 5.74) is 15.1. The maximum absolute atomic E-state index is 11.5. The molecule has 3 aromatic rings. The first kappa shape index (κ1) is 19.5. The van der Waals surface area contributed by atoms with Crippen LogP contribution in [0.2, 0.25) is 0 Å². The molecule has 0 amide bonds. The molecule has 0 spiro atoms. The molecule has 9 nitrogen and oxygen atoms in total. The van der Waals surface area contributed by atoms with E-state index in [0.717, 1.165) is 11.6 Å². The summed E-state index contributed by atoms with van der Waals surface area (Å²) < 4.78 is 0. The standard InChI is InChI=1S/C20H18N6O3/c1-11-8-18(17(22)10-16(11)21)26-24-13-4-2-12(3-5-13)23-25-14-6-7-19(27)15(9-14)20(28)29/h2-10,27H,21-22H2,1H3,(H,28,29)/p-1. The molecule has 146 valence electrons. The first-order chi connectivity index (χ1) is 13.8. The van der Waals surface area contributed by atoms with Gasteiger partial charge in [0.15, 0.2) is 0 Å². The van der Waals surface area contributed by atoms with Crippen molar-refractivity contribution in [2.75, 3.05) is 11.5 Å². The smallest absolute Gasteiger partial charge is 0.335 e. The number of carbonyl (C=O) groups is 1. The van der Waals surface area contributed by atoms with Crippen molar-refractivity contribution in [3.63, 3.8) is 0 Å². The molecular weight excluding hydrogens is 372 g/mol. The van der Waals surface area contributed by atoms with Crippen LogP contribution in [0.25, 0.3) is 0 Å². The number of benzene rings is 3. The van der Waals surface area contributed by atoms with Crippen LogP contribution in [-0.2, 0) is 0 Å². The Morgan fingerprint density at radius 1 is 0.828 bits per heavy atom. The molecule has 9 heteroatoms. The van der Waals surface area contributed by atoms with E-state index >= 15 is 0 Å². The molecule has 0 fully saturated rings. The summed E-state index contributed by atoms with van der Waals surface area (Å²) in [4.78, 5) is 11.0. The predicted octanol–water partition coefficient (Wildman–Crippen LogP) is 4.76. The van der Waals surface area contributed by atoms with Crippen LogP contribution < -0.4 is 16.6 Å². The molecule has 0 aliphatic carbocycles. The quantitative estimate of drug-likeness (QED) is 0.422. The number of rotatable bonds is 5. The van der Waals surface area contributed by atoms with Gasteiger partial charge < -0.3 is 21.7 Å². The lowest BCUT2D eigenvalue weighted by Gasteiger charge is -2.09. The summed E-state index contributed by atoms with van der Waals surface area (Å²) in [5, 5.41) is 36.7. The maximum Gasteiger partial charge on any atom is 0.335 e. The highest BCUT2D eigenvalue weighted by Gasteiger charge is 2.05. The topological polar surface area (TPSA) is 162 Å². The first-order valence-corrected chi connectivity index (χ1v) is 8.47. The molecule has 0 bridgehead atoms. The summed E-state index contributed by atoms with van der Waals surface area (Å²) in [6.45, 7) is 1.86. The first-order valence-electron chi connectivity index (χ1n) is 8.47. The molecule has 0 heterocycles. The summed E-state index contributed by atoms with van der Waals surface area (Å²) in [5.74, 6) is -1.89. The molecule has 0 unspecified atom stereocenters. The number of nitrogen functional groups attached to an aromatic ring is 2. The van der Waals surface area contributed by atoms with Crippen LogP contribution in [0.5, 0.6) is 5.75 Å². The van der Waals surface area contributed by atoms with Gasteiger partial charge in [0, 0.05) is 5.69 Å². The lowest BCUT2D eigenvalue weighted by molar-refractivity contribution is -0.268. The van der Waals surface area contributed by atoms with Crippen molar-refractivity contribution in [1.29, 1.82) is 0 Å². The highest BCUT2D eigenvalue weighted by molar-refractivity contribution is 5.91. The van der Waals surface area contributed by atoms with Crippen molar-refractivity contribution in [3.8, 4) is 5.75 Å². The number of azo groups is 2. The largest absolute Gasteiger partial charge is 0.872 e. The number of hydrogen-bond donors (Lipinski definition) is 3. The Morgan fingerprint density at radius 2 is 1.38 bits per heavy atom. The zero-order chi connectivity index (χ0) is 21.0. The van der Waals surface area contributed by atoms with Crippen LogP contribution in [0.1, 0.15) is 15.9 Å². The van der Waals surface area contributed by atoms with Crippen molar-refractivity contribution in [1.82, 2.24) is 0 Å². The van der Waals surface area contributed by atoms with Gasteiger partial charge in [-0.15, -0.1) is 5.11 Å². The van der Waals surface area contributed by atoms with Gasteiger partial charge in [0.25, 0.3) is 0 Å². The van der Waals surface area contributed by atoms with Crippen LogP contribution in [0, 0.1) is 6.92 Å². The number of aryl methyl sites for hydroxylation is 1. The maximum atomic E-state index is 11.5. The normalized spacial score (nSPS) is 11.3. The van der Waals surface area contributed by atoms with E-state index in [-0.39, 0.29) is 11.3 Å². The average molecular weight is 389 g/mol. The average Bonchev–Trinajstić information content (AvgIpc) is 2.69. The van der Waals surface area contributed by atoms with Gasteiger partial charge in [-0.25, -0.2) is 4.79 Å². The van der Waals surface area contributed by atoms with Crippen LogP contribution >= 0.6 is 0 Å². The van der Waals surface area contributed by atoms with Gasteiger partial charge in [-0.1, -0.05) is 11.8 Å². The number of anilines is 2. The van der Waals surface area contributed by atoms with Gasteiger partial charge in [0.2, 0.25) is 0 Å². The van der Waals surface area contributed by atoms with Gasteiger partial charge in [0.05, 0.1) is 28.3 Å². The van der Waals surface area contributed by atoms with Gasteiger partial charge in [-0.3, -0.25) is 0 Å². The highest BCUT2D eigenvalue weighted by atomic mass is 16.4. The fourth-order valence-electron chi connectivity index (χ4n) is 2.37. The van der Waals surface area contributed by atoms with Gasteiger partial charge >= 0.3 is 5.97 Å². The number of hydrogen-bond acceptors (Lipinski definition) is 8. The van der Waals surface area contributed by atoms with Crippen molar-refractivity contribution in [3.05, 3.63) is 65.7 Å². The van der Waals surface area contributed by atoms with Crippen LogP contribution in [-0.4, -0.2) is 11.1 Å². The van der Waals surface area contributed by atoms with E-state index in [1.807, 2.05) is 6.92 Å². The van der Waals surface area contributed by atoms with Crippen LogP contribution in [0.4, 0.5) is 34.1 Å². The molecule has 3 rings (SSSR count). The Labute approximate surface area is 166 Å². The van der Waals surface area contributed by atoms with Crippen LogP contribution in [0.3, 0.4) is 0 Å². The second kappa shape index (κ2) is 8.17. The van der Waals surface area contributed by atoms with Crippen molar-refractivity contribution in [2.45, 2.75) is 6.92 Å². The second-order valence-electron chi connectivity index (χ2n) is 6.17. The van der Waals surface area contributed by atoms with Crippen LogP contribution in [0.15, 0.2) is 75.1 Å². The van der Waals surface area contributed by atoms with Gasteiger partial charge in [0.1, 0.15) is 5.69 Å². The number of carboxylic acid groups (broad SMARTS) is 1. The Kier molecular flexibility index (Phi) is 5.49. The Hall–Kier alpha value is -4.27. The molecule has 29 heavy (non-hydrogen) atoms. The molecule has 0 aliphatic heterocycles. The molecule has 0 aliphatic rings. The molecule has 0 saturated heterocycles. The van der Waals surface area contributed by atoms with Gasteiger partial charge in [-0.2, -0.15) is 15.3 Å². The number of aromatic carboxylic acids is 1. The van der Waals surface area contributed by atoms with Crippen molar-refractivity contribution < 1.29 is 15.0 Å². The fraction of sp³-hybridized carbons (Fsp3) is 0.0500. The SMILES string of the molecule is Cc1cc(N=Nc2ccc(N=Nc3ccc([O-])c(C(=O)O)c3)cc2)c(N)cc1N. The minimum atomic E-state index is -1.31. The third-order valence-corrected chi connectivity index (χ3v) is 4.01. The van der Waals surface area contributed by atoms with E-state index in [4.69, 9.17) is 16.6 Å². The third kappa shape index (κ3) is 4.72. The monoisotopic (exact) mass is 389 g/mol. The molecule has 0 aromatic heterocycles. The zero-order valence-corrected chi connectivity index (χ0v) is 15.4. The lowest BCUT2D eigenvalue weighted by atomic mass is 10.1. The molecule has 0 saturated carbocycles. The van der Waals surface area contributed by atoms with E-state index < -0.39 is 11.7 Å². The summed E-state index contributed by atoms with van der Waals surface area (Å²) >= 11 is 0. The Bertz CT molecular complexity index is 1120. The van der Waals surface area contributed by atoms with Crippen molar-refractivity contribution in [2.24, 2.45) is 20.5 Å². The zero-order valence-electron chi connectivity index (χ0n) is 15.4. The second-order valence-corrected chi connectivity index (χ2v) is 6.17. The highest BCUT2D eigenvalue weighted by Crippen LogP contribution is 2.30. The van der Waals surface area contributed by atoms with Crippen molar-refractivity contribution >= 4 is 40.1 Å². The van der Waals surface area contributed by atoms with E-state index in [1.165, 1.54) is 12.1 Å². The molecular formula is C20H17N6O3-. The van der Waals surface area contributed by atoms with Gasteiger partial charge in [-0.05, 0) is 61.0 Å². The van der Waals surface area contributed by atoms with E-state index in [2.05, 4.69) is 20.5 Å². The minimum absolute atomic E-state index is 0.264. The fourth-order valence-corrected chi connectivity index (χ4v) is 2.37. The molecule has 0 radical (unpaired) electrons. The molecule has 3 aromatic carbocycles. The van der Waals surface area contributed by atoms with E-state index in [0.29, 0.717) is 28.4 Å².